The summed E-state index contributed by atoms with van der Waals surface area (Å²) in [6, 6.07) is 7.68. The van der Waals surface area contributed by atoms with E-state index in [1.165, 1.54) is 24.3 Å². The van der Waals surface area contributed by atoms with Crippen LogP contribution in [0.2, 0.25) is 0 Å². The predicted octanol–water partition coefficient (Wildman–Crippen LogP) is 2.49. The van der Waals surface area contributed by atoms with Gasteiger partial charge in [-0.25, -0.2) is 13.6 Å². The van der Waals surface area contributed by atoms with Crippen molar-refractivity contribution < 1.29 is 18.3 Å². The third-order valence-corrected chi connectivity index (χ3v) is 2.70. The first kappa shape index (κ1) is 13.8. The number of rotatable bonds is 3. The van der Waals surface area contributed by atoms with Crippen molar-refractivity contribution in [2.75, 3.05) is 11.5 Å². The van der Waals surface area contributed by atoms with Crippen LogP contribution < -0.4 is 11.5 Å². The largest absolute Gasteiger partial charge is 0.457 e. The van der Waals surface area contributed by atoms with Gasteiger partial charge in [-0.05, 0) is 30.3 Å². The van der Waals surface area contributed by atoms with Gasteiger partial charge in [0.05, 0.1) is 11.1 Å². The first-order valence-corrected chi connectivity index (χ1v) is 5.74. The molecule has 0 saturated heterocycles. The standard InChI is InChI=1S/C14H12F2N2O2/c15-11-2-1-3-12(16)10(11)7-20-14(19)9-5-4-8(17)6-13(9)18/h1-6H,7,17-18H2. The van der Waals surface area contributed by atoms with Crippen molar-refractivity contribution in [3.8, 4) is 0 Å². The zero-order valence-electron chi connectivity index (χ0n) is 10.4. The van der Waals surface area contributed by atoms with E-state index in [0.29, 0.717) is 5.69 Å². The van der Waals surface area contributed by atoms with Crippen molar-refractivity contribution in [2.45, 2.75) is 6.61 Å². The second kappa shape index (κ2) is 5.56. The summed E-state index contributed by atoms with van der Waals surface area (Å²) in [7, 11) is 0. The summed E-state index contributed by atoms with van der Waals surface area (Å²) < 4.78 is 31.6. The molecule has 4 nitrogen and oxygen atoms in total. The van der Waals surface area contributed by atoms with Crippen LogP contribution in [0.15, 0.2) is 36.4 Å². The topological polar surface area (TPSA) is 78.3 Å². The number of benzene rings is 2. The molecular formula is C14H12F2N2O2. The molecule has 2 rings (SSSR count). The maximum atomic E-state index is 13.4. The minimum atomic E-state index is -0.775. The number of carbonyl (C=O) groups excluding carboxylic acids is 1. The summed E-state index contributed by atoms with van der Waals surface area (Å²) >= 11 is 0. The average Bonchev–Trinajstić information content (AvgIpc) is 2.37. The van der Waals surface area contributed by atoms with Gasteiger partial charge < -0.3 is 16.2 Å². The van der Waals surface area contributed by atoms with E-state index in [1.807, 2.05) is 0 Å². The van der Waals surface area contributed by atoms with E-state index in [-0.39, 0.29) is 16.8 Å². The van der Waals surface area contributed by atoms with Gasteiger partial charge in [0.25, 0.3) is 0 Å². The molecule has 0 heterocycles. The number of nitrogen functional groups attached to an aromatic ring is 2. The molecule has 20 heavy (non-hydrogen) atoms. The molecule has 6 heteroatoms. The third kappa shape index (κ3) is 2.85. The van der Waals surface area contributed by atoms with Crippen molar-refractivity contribution in [3.05, 3.63) is 59.2 Å². The van der Waals surface area contributed by atoms with Gasteiger partial charge in [0.15, 0.2) is 0 Å². The highest BCUT2D eigenvalue weighted by molar-refractivity contribution is 5.95. The van der Waals surface area contributed by atoms with Crippen LogP contribution >= 0.6 is 0 Å². The van der Waals surface area contributed by atoms with E-state index in [9.17, 15) is 13.6 Å². The van der Waals surface area contributed by atoms with Crippen molar-refractivity contribution in [1.82, 2.24) is 0 Å². The highest BCUT2D eigenvalue weighted by Gasteiger charge is 2.14. The lowest BCUT2D eigenvalue weighted by molar-refractivity contribution is 0.0466. The minimum Gasteiger partial charge on any atom is -0.457 e. The molecule has 0 radical (unpaired) electrons. The Balaban J connectivity index is 2.13. The lowest BCUT2D eigenvalue weighted by Gasteiger charge is -2.09. The number of anilines is 2. The summed E-state index contributed by atoms with van der Waals surface area (Å²) in [6.07, 6.45) is 0. The molecule has 0 fully saturated rings. The molecule has 0 unspecified atom stereocenters. The third-order valence-electron chi connectivity index (χ3n) is 2.70. The summed E-state index contributed by atoms with van der Waals surface area (Å²) in [4.78, 5) is 11.8. The molecule has 0 aromatic heterocycles. The van der Waals surface area contributed by atoms with Crippen LogP contribution in [0.5, 0.6) is 0 Å². The van der Waals surface area contributed by atoms with Crippen LogP contribution in [-0.2, 0) is 11.3 Å². The van der Waals surface area contributed by atoms with Gasteiger partial charge in [0.1, 0.15) is 18.2 Å². The average molecular weight is 278 g/mol. The van der Waals surface area contributed by atoms with E-state index in [1.54, 1.807) is 0 Å². The molecule has 104 valence electrons. The van der Waals surface area contributed by atoms with Crippen LogP contribution in [0.1, 0.15) is 15.9 Å². The van der Waals surface area contributed by atoms with Gasteiger partial charge in [0.2, 0.25) is 0 Å². The van der Waals surface area contributed by atoms with Crippen molar-refractivity contribution >= 4 is 17.3 Å². The molecule has 0 spiro atoms. The fourth-order valence-electron chi connectivity index (χ4n) is 1.65. The molecule has 0 aliphatic heterocycles. The maximum absolute atomic E-state index is 13.4. The van der Waals surface area contributed by atoms with Crippen LogP contribution in [0.3, 0.4) is 0 Å². The highest BCUT2D eigenvalue weighted by Crippen LogP contribution is 2.18. The van der Waals surface area contributed by atoms with Crippen LogP contribution in [0.4, 0.5) is 20.2 Å². The van der Waals surface area contributed by atoms with Crippen molar-refractivity contribution in [1.29, 1.82) is 0 Å². The van der Waals surface area contributed by atoms with Crippen molar-refractivity contribution in [2.24, 2.45) is 0 Å². The molecule has 4 N–H and O–H groups in total. The molecule has 0 bridgehead atoms. The van der Waals surface area contributed by atoms with E-state index >= 15 is 0 Å². The lowest BCUT2D eigenvalue weighted by atomic mass is 10.1. The zero-order chi connectivity index (χ0) is 14.7. The number of ether oxygens (including phenoxy) is 1. The van der Waals surface area contributed by atoms with Gasteiger partial charge in [-0.15, -0.1) is 0 Å². The monoisotopic (exact) mass is 278 g/mol. The van der Waals surface area contributed by atoms with Crippen molar-refractivity contribution in [3.63, 3.8) is 0 Å². The molecular weight excluding hydrogens is 266 g/mol. The highest BCUT2D eigenvalue weighted by atomic mass is 19.1. The number of esters is 1. The first-order chi connectivity index (χ1) is 9.49. The Morgan fingerprint density at radius 1 is 1.10 bits per heavy atom. The second-order valence-electron chi connectivity index (χ2n) is 4.12. The fraction of sp³-hybridized carbons (Fsp3) is 0.0714. The Hall–Kier alpha value is -2.63. The number of carbonyl (C=O) groups is 1. The Labute approximate surface area is 114 Å². The lowest BCUT2D eigenvalue weighted by Crippen LogP contribution is -2.10. The van der Waals surface area contributed by atoms with Crippen LogP contribution in [-0.4, -0.2) is 5.97 Å². The number of nitrogens with two attached hydrogens (primary N) is 2. The molecule has 2 aromatic carbocycles. The van der Waals surface area contributed by atoms with Gasteiger partial charge in [-0.2, -0.15) is 0 Å². The predicted molar refractivity (Wildman–Crippen MR) is 70.7 cm³/mol. The van der Waals surface area contributed by atoms with E-state index in [4.69, 9.17) is 16.2 Å². The van der Waals surface area contributed by atoms with E-state index in [2.05, 4.69) is 0 Å². The smallest absolute Gasteiger partial charge is 0.340 e. The molecule has 2 aromatic rings. The number of hydrogen-bond acceptors (Lipinski definition) is 4. The maximum Gasteiger partial charge on any atom is 0.340 e. The fourth-order valence-corrected chi connectivity index (χ4v) is 1.65. The number of hydrogen-bond donors (Lipinski definition) is 2. The summed E-state index contributed by atoms with van der Waals surface area (Å²) in [5.74, 6) is -2.32. The normalized spacial score (nSPS) is 10.3. The van der Waals surface area contributed by atoms with Gasteiger partial charge in [0, 0.05) is 11.4 Å². The summed E-state index contributed by atoms with van der Waals surface area (Å²) in [5, 5.41) is 0. The summed E-state index contributed by atoms with van der Waals surface area (Å²) in [6.45, 7) is -0.513. The Kier molecular flexibility index (Phi) is 3.84. The van der Waals surface area contributed by atoms with E-state index < -0.39 is 24.2 Å². The van der Waals surface area contributed by atoms with Crippen LogP contribution in [0.25, 0.3) is 0 Å². The van der Waals surface area contributed by atoms with E-state index in [0.717, 1.165) is 12.1 Å². The first-order valence-electron chi connectivity index (χ1n) is 5.74. The van der Waals surface area contributed by atoms with Gasteiger partial charge in [-0.3, -0.25) is 0 Å². The molecule has 0 atom stereocenters. The minimum absolute atomic E-state index is 0.0935. The molecule has 0 aliphatic rings. The molecule has 0 saturated carbocycles. The number of halogens is 2. The quantitative estimate of drug-likeness (QED) is 0.668. The van der Waals surface area contributed by atoms with Crippen LogP contribution in [0, 0.1) is 11.6 Å². The Morgan fingerprint density at radius 2 is 1.75 bits per heavy atom. The molecule has 0 aliphatic carbocycles. The second-order valence-corrected chi connectivity index (χ2v) is 4.12. The SMILES string of the molecule is Nc1ccc(C(=O)OCc2c(F)cccc2F)c(N)c1. The van der Waals surface area contributed by atoms with Gasteiger partial charge >= 0.3 is 5.97 Å². The summed E-state index contributed by atoms with van der Waals surface area (Å²) in [5.41, 5.74) is 11.5. The Morgan fingerprint density at radius 3 is 2.35 bits per heavy atom. The zero-order valence-corrected chi connectivity index (χ0v) is 10.4. The molecule has 0 amide bonds. The Bertz CT molecular complexity index is 639. The van der Waals surface area contributed by atoms with Gasteiger partial charge in [-0.1, -0.05) is 6.07 Å².